The van der Waals surface area contributed by atoms with E-state index in [0.29, 0.717) is 25.0 Å². The summed E-state index contributed by atoms with van der Waals surface area (Å²) in [6.45, 7) is 7.18. The summed E-state index contributed by atoms with van der Waals surface area (Å²) in [6.07, 6.45) is 9.08. The molecule has 0 aromatic carbocycles. The van der Waals surface area contributed by atoms with Crippen LogP contribution in [0.15, 0.2) is 0 Å². The lowest BCUT2D eigenvalue weighted by atomic mass is 9.72. The van der Waals surface area contributed by atoms with Crippen molar-refractivity contribution in [3.05, 3.63) is 0 Å². The van der Waals surface area contributed by atoms with Crippen LogP contribution in [0, 0.1) is 24.2 Å². The number of esters is 1. The largest absolute Gasteiger partial charge is 0.465 e. The van der Waals surface area contributed by atoms with Gasteiger partial charge < -0.3 is 4.74 Å². The molecule has 0 unspecified atom stereocenters. The Bertz CT molecular complexity index is 309. The van der Waals surface area contributed by atoms with Crippen LogP contribution in [-0.2, 0) is 9.53 Å². The highest BCUT2D eigenvalue weighted by molar-refractivity contribution is 5.81. The van der Waals surface area contributed by atoms with Gasteiger partial charge in [-0.2, -0.15) is 0 Å². The van der Waals surface area contributed by atoms with Crippen molar-refractivity contribution in [1.82, 2.24) is 5.32 Å². The van der Waals surface area contributed by atoms with Crippen molar-refractivity contribution >= 4 is 5.97 Å². The maximum absolute atomic E-state index is 12.1. The first-order valence-electron chi connectivity index (χ1n) is 6.91. The monoisotopic (exact) mass is 251 g/mol. The van der Waals surface area contributed by atoms with E-state index in [4.69, 9.17) is 11.2 Å². The molecule has 0 heterocycles. The molecular formula is C15H25NO2. The molecule has 0 atom stereocenters. The molecule has 0 aromatic rings. The second-order valence-electron chi connectivity index (χ2n) is 5.44. The third-order valence-corrected chi connectivity index (χ3v) is 4.02. The third kappa shape index (κ3) is 3.49. The Balaban J connectivity index is 2.70. The number of carbonyl (C=O) groups is 1. The molecule has 3 heteroatoms. The van der Waals surface area contributed by atoms with Gasteiger partial charge in [-0.1, -0.05) is 19.8 Å². The van der Waals surface area contributed by atoms with Crippen LogP contribution in [-0.4, -0.2) is 24.7 Å². The second-order valence-corrected chi connectivity index (χ2v) is 5.44. The minimum absolute atomic E-state index is 0.137. The molecule has 1 fully saturated rings. The molecule has 0 radical (unpaired) electrons. The standard InChI is InChI=1S/C15H25NO2/c1-5-11-16-15(14(17)18-6-2)9-7-13(8-10-15)12(3)4/h1,12-13,16H,6-11H2,2-4H3. The van der Waals surface area contributed by atoms with Gasteiger partial charge in [-0.15, -0.1) is 6.42 Å². The fourth-order valence-corrected chi connectivity index (χ4v) is 2.74. The van der Waals surface area contributed by atoms with Crippen molar-refractivity contribution in [1.29, 1.82) is 0 Å². The minimum atomic E-state index is -0.548. The fourth-order valence-electron chi connectivity index (χ4n) is 2.74. The number of terminal acetylenes is 1. The van der Waals surface area contributed by atoms with Gasteiger partial charge in [0.1, 0.15) is 5.54 Å². The highest BCUT2D eigenvalue weighted by Gasteiger charge is 2.42. The molecule has 3 nitrogen and oxygen atoms in total. The summed E-state index contributed by atoms with van der Waals surface area (Å²) in [5, 5.41) is 3.22. The molecule has 0 saturated heterocycles. The summed E-state index contributed by atoms with van der Waals surface area (Å²) in [5.41, 5.74) is -0.548. The van der Waals surface area contributed by atoms with Gasteiger partial charge in [-0.25, -0.2) is 0 Å². The van der Waals surface area contributed by atoms with Crippen LogP contribution in [0.1, 0.15) is 46.5 Å². The van der Waals surface area contributed by atoms with E-state index in [0.717, 1.165) is 25.7 Å². The van der Waals surface area contributed by atoms with Gasteiger partial charge >= 0.3 is 5.97 Å². The summed E-state index contributed by atoms with van der Waals surface area (Å²) in [4.78, 5) is 12.1. The van der Waals surface area contributed by atoms with Crippen LogP contribution < -0.4 is 5.32 Å². The van der Waals surface area contributed by atoms with Gasteiger partial charge in [-0.3, -0.25) is 10.1 Å². The van der Waals surface area contributed by atoms with Crippen LogP contribution >= 0.6 is 0 Å². The fraction of sp³-hybridized carbons (Fsp3) is 0.800. The van der Waals surface area contributed by atoms with Crippen molar-refractivity contribution in [2.45, 2.75) is 52.0 Å². The van der Waals surface area contributed by atoms with E-state index in [2.05, 4.69) is 25.1 Å². The number of ether oxygens (including phenoxy) is 1. The first-order valence-corrected chi connectivity index (χ1v) is 6.91. The maximum Gasteiger partial charge on any atom is 0.326 e. The van der Waals surface area contributed by atoms with Gasteiger partial charge in [0, 0.05) is 0 Å². The Morgan fingerprint density at radius 3 is 2.56 bits per heavy atom. The lowest BCUT2D eigenvalue weighted by molar-refractivity contribution is -0.153. The summed E-state index contributed by atoms with van der Waals surface area (Å²) >= 11 is 0. The highest BCUT2D eigenvalue weighted by Crippen LogP contribution is 2.36. The van der Waals surface area contributed by atoms with Crippen molar-refractivity contribution in [2.75, 3.05) is 13.2 Å². The molecular weight excluding hydrogens is 226 g/mol. The summed E-state index contributed by atoms with van der Waals surface area (Å²) < 4.78 is 5.21. The molecule has 1 aliphatic carbocycles. The third-order valence-electron chi connectivity index (χ3n) is 4.02. The molecule has 0 spiro atoms. The Morgan fingerprint density at radius 2 is 2.11 bits per heavy atom. The zero-order chi connectivity index (χ0) is 13.6. The van der Waals surface area contributed by atoms with Crippen molar-refractivity contribution in [2.24, 2.45) is 11.8 Å². The summed E-state index contributed by atoms with van der Waals surface area (Å²) in [6, 6.07) is 0. The van der Waals surface area contributed by atoms with Gasteiger partial charge in [-0.05, 0) is 44.4 Å². The minimum Gasteiger partial charge on any atom is -0.465 e. The zero-order valence-electron chi connectivity index (χ0n) is 11.8. The second kappa shape index (κ2) is 6.80. The van der Waals surface area contributed by atoms with Gasteiger partial charge in [0.2, 0.25) is 0 Å². The van der Waals surface area contributed by atoms with E-state index < -0.39 is 5.54 Å². The Kier molecular flexibility index (Phi) is 5.68. The first kappa shape index (κ1) is 15.0. The molecule has 102 valence electrons. The Hall–Kier alpha value is -1.01. The van der Waals surface area contributed by atoms with E-state index in [-0.39, 0.29) is 5.97 Å². The lowest BCUT2D eigenvalue weighted by Crippen LogP contribution is -2.55. The van der Waals surface area contributed by atoms with E-state index in [1.165, 1.54) is 0 Å². The van der Waals surface area contributed by atoms with E-state index in [1.54, 1.807) is 0 Å². The highest BCUT2D eigenvalue weighted by atomic mass is 16.5. The predicted molar refractivity (Wildman–Crippen MR) is 73.0 cm³/mol. The number of rotatable bonds is 5. The van der Waals surface area contributed by atoms with E-state index >= 15 is 0 Å². The maximum atomic E-state index is 12.1. The van der Waals surface area contributed by atoms with Crippen molar-refractivity contribution in [3.63, 3.8) is 0 Å². The SMILES string of the molecule is C#CCNC1(C(=O)OCC)CCC(C(C)C)CC1. The molecule has 1 N–H and O–H groups in total. The zero-order valence-corrected chi connectivity index (χ0v) is 11.8. The smallest absolute Gasteiger partial charge is 0.326 e. The quantitative estimate of drug-likeness (QED) is 0.602. The van der Waals surface area contributed by atoms with Crippen LogP contribution in [0.4, 0.5) is 0 Å². The summed E-state index contributed by atoms with van der Waals surface area (Å²) in [5.74, 6) is 3.80. The van der Waals surface area contributed by atoms with E-state index in [1.807, 2.05) is 6.92 Å². The molecule has 1 rings (SSSR count). The number of carbonyl (C=O) groups excluding carboxylic acids is 1. The number of hydrogen-bond donors (Lipinski definition) is 1. The van der Waals surface area contributed by atoms with Crippen LogP contribution in [0.2, 0.25) is 0 Å². The van der Waals surface area contributed by atoms with E-state index in [9.17, 15) is 4.79 Å². The normalized spacial score (nSPS) is 27.8. The lowest BCUT2D eigenvalue weighted by Gasteiger charge is -2.39. The molecule has 0 bridgehead atoms. The van der Waals surface area contributed by atoms with Gasteiger partial charge in [0.25, 0.3) is 0 Å². The van der Waals surface area contributed by atoms with Crippen molar-refractivity contribution in [3.8, 4) is 12.3 Å². The molecule has 0 amide bonds. The Labute approximate surface area is 111 Å². The first-order chi connectivity index (χ1) is 8.55. The number of nitrogens with one attached hydrogen (secondary N) is 1. The topological polar surface area (TPSA) is 38.3 Å². The average molecular weight is 251 g/mol. The molecule has 1 aliphatic rings. The molecule has 0 aromatic heterocycles. The average Bonchev–Trinajstić information content (AvgIpc) is 2.37. The number of hydrogen-bond acceptors (Lipinski definition) is 3. The van der Waals surface area contributed by atoms with Crippen molar-refractivity contribution < 1.29 is 9.53 Å². The van der Waals surface area contributed by atoms with Crippen LogP contribution in [0.5, 0.6) is 0 Å². The molecule has 1 saturated carbocycles. The molecule has 18 heavy (non-hydrogen) atoms. The van der Waals surface area contributed by atoms with Crippen LogP contribution in [0.3, 0.4) is 0 Å². The summed E-state index contributed by atoms with van der Waals surface area (Å²) in [7, 11) is 0. The molecule has 0 aliphatic heterocycles. The van der Waals surface area contributed by atoms with Crippen LogP contribution in [0.25, 0.3) is 0 Å². The van der Waals surface area contributed by atoms with Gasteiger partial charge in [0.15, 0.2) is 0 Å². The predicted octanol–water partition coefficient (Wildman–Crippen LogP) is 2.36. The Morgan fingerprint density at radius 1 is 1.50 bits per heavy atom. The van der Waals surface area contributed by atoms with Gasteiger partial charge in [0.05, 0.1) is 13.2 Å².